The highest BCUT2D eigenvalue weighted by atomic mass is 16.2. The third kappa shape index (κ3) is 2.42. The molecule has 0 bridgehead atoms. The van der Waals surface area contributed by atoms with E-state index in [9.17, 15) is 14.4 Å². The van der Waals surface area contributed by atoms with Crippen molar-refractivity contribution in [2.45, 2.75) is 0 Å². The zero-order valence-corrected chi connectivity index (χ0v) is 13.0. The zero-order valence-electron chi connectivity index (χ0n) is 13.0. The van der Waals surface area contributed by atoms with Crippen LogP contribution in [0.25, 0.3) is 0 Å². The molecule has 0 fully saturated rings. The lowest BCUT2D eigenvalue weighted by Crippen LogP contribution is -2.23. The van der Waals surface area contributed by atoms with E-state index in [1.54, 1.807) is 54.6 Å². The van der Waals surface area contributed by atoms with Crippen LogP contribution in [0.4, 0.5) is 5.69 Å². The first-order valence-electron chi connectivity index (χ1n) is 7.69. The molecule has 1 N–H and O–H groups in total. The SMILES string of the molecule is O=C(Nc1cccc2c1C(=O)c1ccccc1C2=O)c1ccncc1. The molecule has 0 aliphatic heterocycles. The zero-order chi connectivity index (χ0) is 17.4. The third-order valence-electron chi connectivity index (χ3n) is 4.14. The minimum Gasteiger partial charge on any atom is -0.321 e. The second kappa shape index (κ2) is 5.79. The average molecular weight is 328 g/mol. The third-order valence-corrected chi connectivity index (χ3v) is 4.14. The van der Waals surface area contributed by atoms with Gasteiger partial charge >= 0.3 is 0 Å². The van der Waals surface area contributed by atoms with E-state index >= 15 is 0 Å². The summed E-state index contributed by atoms with van der Waals surface area (Å²) < 4.78 is 0. The summed E-state index contributed by atoms with van der Waals surface area (Å²) in [5.74, 6) is -0.851. The highest BCUT2D eigenvalue weighted by Gasteiger charge is 2.31. The van der Waals surface area contributed by atoms with E-state index in [2.05, 4.69) is 10.3 Å². The summed E-state index contributed by atoms with van der Waals surface area (Å²) in [4.78, 5) is 41.8. The number of ketones is 2. The normalized spacial score (nSPS) is 12.3. The van der Waals surface area contributed by atoms with Gasteiger partial charge in [0.2, 0.25) is 0 Å². The highest BCUT2D eigenvalue weighted by molar-refractivity contribution is 6.30. The van der Waals surface area contributed by atoms with E-state index in [0.717, 1.165) is 0 Å². The first kappa shape index (κ1) is 15.0. The molecule has 1 aliphatic carbocycles. The molecular formula is C20H12N2O3. The lowest BCUT2D eigenvalue weighted by molar-refractivity contribution is 0.0978. The molecule has 1 heterocycles. The number of nitrogens with one attached hydrogen (secondary N) is 1. The number of amides is 1. The summed E-state index contributed by atoms with van der Waals surface area (Å²) in [5, 5.41) is 2.73. The van der Waals surface area contributed by atoms with Crippen molar-refractivity contribution in [1.29, 1.82) is 0 Å². The van der Waals surface area contributed by atoms with Crippen LogP contribution in [0.1, 0.15) is 42.2 Å². The van der Waals surface area contributed by atoms with Gasteiger partial charge in [0.15, 0.2) is 11.6 Å². The van der Waals surface area contributed by atoms with Crippen LogP contribution in [0.2, 0.25) is 0 Å². The minimum atomic E-state index is -0.366. The van der Waals surface area contributed by atoms with Gasteiger partial charge in [0, 0.05) is 34.6 Å². The average Bonchev–Trinajstić information content (AvgIpc) is 2.66. The van der Waals surface area contributed by atoms with Crippen LogP contribution in [0.3, 0.4) is 0 Å². The number of carbonyl (C=O) groups is 3. The van der Waals surface area contributed by atoms with Crippen LogP contribution in [0.5, 0.6) is 0 Å². The standard InChI is InChI=1S/C20H12N2O3/c23-18-13-4-1-2-5-14(13)19(24)17-15(18)6-3-7-16(17)22-20(25)12-8-10-21-11-9-12/h1-11H,(H,22,25). The van der Waals surface area contributed by atoms with Crippen LogP contribution < -0.4 is 5.32 Å². The van der Waals surface area contributed by atoms with Gasteiger partial charge in [-0.2, -0.15) is 0 Å². The van der Waals surface area contributed by atoms with E-state index in [4.69, 9.17) is 0 Å². The predicted octanol–water partition coefficient (Wildman–Crippen LogP) is 3.11. The molecule has 1 aromatic heterocycles. The van der Waals surface area contributed by atoms with Gasteiger partial charge in [0.05, 0.1) is 11.3 Å². The lowest BCUT2D eigenvalue weighted by atomic mass is 9.83. The van der Waals surface area contributed by atoms with E-state index in [0.29, 0.717) is 27.9 Å². The van der Waals surface area contributed by atoms with E-state index < -0.39 is 0 Å². The Morgan fingerprint density at radius 2 is 1.40 bits per heavy atom. The molecule has 3 aromatic rings. The molecule has 0 atom stereocenters. The molecule has 25 heavy (non-hydrogen) atoms. The van der Waals surface area contributed by atoms with Gasteiger partial charge in [0.25, 0.3) is 5.91 Å². The lowest BCUT2D eigenvalue weighted by Gasteiger charge is -2.20. The molecule has 1 aliphatic rings. The predicted molar refractivity (Wildman–Crippen MR) is 91.9 cm³/mol. The minimum absolute atomic E-state index is 0.217. The van der Waals surface area contributed by atoms with Crippen LogP contribution in [0, 0.1) is 0 Å². The van der Waals surface area contributed by atoms with Crippen molar-refractivity contribution in [2.24, 2.45) is 0 Å². The number of benzene rings is 2. The van der Waals surface area contributed by atoms with Gasteiger partial charge in [-0.3, -0.25) is 19.4 Å². The van der Waals surface area contributed by atoms with Gasteiger partial charge in [-0.15, -0.1) is 0 Å². The van der Waals surface area contributed by atoms with Crippen LogP contribution >= 0.6 is 0 Å². The summed E-state index contributed by atoms with van der Waals surface area (Å²) in [6, 6.07) is 14.7. The Labute approximate surface area is 143 Å². The summed E-state index contributed by atoms with van der Waals surface area (Å²) in [7, 11) is 0. The Bertz CT molecular complexity index is 1030. The number of hydrogen-bond donors (Lipinski definition) is 1. The molecule has 0 unspecified atom stereocenters. The topological polar surface area (TPSA) is 76.1 Å². The maximum atomic E-state index is 12.9. The second-order valence-electron chi connectivity index (χ2n) is 5.62. The number of anilines is 1. The highest BCUT2D eigenvalue weighted by Crippen LogP contribution is 2.32. The Kier molecular flexibility index (Phi) is 3.47. The Morgan fingerprint density at radius 3 is 2.12 bits per heavy atom. The molecule has 4 rings (SSSR count). The van der Waals surface area contributed by atoms with E-state index in [1.807, 2.05) is 0 Å². The maximum absolute atomic E-state index is 12.9. The molecule has 5 nitrogen and oxygen atoms in total. The number of fused-ring (bicyclic) bond motifs is 2. The largest absolute Gasteiger partial charge is 0.321 e. The van der Waals surface area contributed by atoms with Crippen LogP contribution in [0.15, 0.2) is 67.0 Å². The van der Waals surface area contributed by atoms with Gasteiger partial charge in [-0.25, -0.2) is 0 Å². The van der Waals surface area contributed by atoms with Crippen molar-refractivity contribution in [3.8, 4) is 0 Å². The molecule has 0 spiro atoms. The monoisotopic (exact) mass is 328 g/mol. The molecule has 0 radical (unpaired) electrons. The van der Waals surface area contributed by atoms with Gasteiger partial charge in [-0.05, 0) is 18.2 Å². The first-order valence-corrected chi connectivity index (χ1v) is 7.69. The number of carbonyl (C=O) groups excluding carboxylic acids is 3. The van der Waals surface area contributed by atoms with Crippen molar-refractivity contribution in [3.05, 3.63) is 94.8 Å². The summed E-state index contributed by atoms with van der Waals surface area (Å²) in [6.45, 7) is 0. The van der Waals surface area contributed by atoms with Crippen molar-refractivity contribution in [1.82, 2.24) is 4.98 Å². The number of pyridine rings is 1. The van der Waals surface area contributed by atoms with Gasteiger partial charge in [-0.1, -0.05) is 36.4 Å². The molecule has 2 aromatic carbocycles. The molecule has 120 valence electrons. The van der Waals surface area contributed by atoms with Crippen LogP contribution in [-0.4, -0.2) is 22.5 Å². The number of aromatic nitrogens is 1. The quantitative estimate of drug-likeness (QED) is 0.613. The van der Waals surface area contributed by atoms with Crippen molar-refractivity contribution < 1.29 is 14.4 Å². The molecular weight excluding hydrogens is 316 g/mol. The number of rotatable bonds is 2. The fourth-order valence-corrected chi connectivity index (χ4v) is 2.95. The van der Waals surface area contributed by atoms with Crippen LogP contribution in [-0.2, 0) is 0 Å². The maximum Gasteiger partial charge on any atom is 0.255 e. The van der Waals surface area contributed by atoms with Crippen molar-refractivity contribution >= 4 is 23.2 Å². The molecule has 0 saturated heterocycles. The first-order chi connectivity index (χ1) is 12.2. The molecule has 0 saturated carbocycles. The molecule has 1 amide bonds. The van der Waals surface area contributed by atoms with E-state index in [-0.39, 0.29) is 23.0 Å². The number of nitrogens with zero attached hydrogens (tertiary/aromatic N) is 1. The fourth-order valence-electron chi connectivity index (χ4n) is 2.95. The Hall–Kier alpha value is -3.60. The smallest absolute Gasteiger partial charge is 0.255 e. The van der Waals surface area contributed by atoms with Crippen molar-refractivity contribution in [2.75, 3.05) is 5.32 Å². The van der Waals surface area contributed by atoms with E-state index in [1.165, 1.54) is 12.4 Å². The summed E-state index contributed by atoms with van der Waals surface area (Å²) in [6.07, 6.45) is 3.03. The fraction of sp³-hybridized carbons (Fsp3) is 0. The Balaban J connectivity index is 1.79. The summed E-state index contributed by atoms with van der Waals surface area (Å²) in [5.41, 5.74) is 2.02. The van der Waals surface area contributed by atoms with Gasteiger partial charge < -0.3 is 5.32 Å². The van der Waals surface area contributed by atoms with Gasteiger partial charge in [0.1, 0.15) is 0 Å². The molecule has 5 heteroatoms. The second-order valence-corrected chi connectivity index (χ2v) is 5.62. The summed E-state index contributed by atoms with van der Waals surface area (Å²) >= 11 is 0. The van der Waals surface area contributed by atoms with Crippen molar-refractivity contribution in [3.63, 3.8) is 0 Å². The number of hydrogen-bond acceptors (Lipinski definition) is 4. The Morgan fingerprint density at radius 1 is 0.760 bits per heavy atom.